The molecule has 0 aliphatic carbocycles. The zero-order valence-electron chi connectivity index (χ0n) is 8.30. The van der Waals surface area contributed by atoms with E-state index in [0.717, 1.165) is 16.5 Å². The van der Waals surface area contributed by atoms with E-state index >= 15 is 0 Å². The van der Waals surface area contributed by atoms with Gasteiger partial charge in [-0.3, -0.25) is 0 Å². The van der Waals surface area contributed by atoms with Gasteiger partial charge in [0.15, 0.2) is 0 Å². The maximum absolute atomic E-state index is 13.4. The van der Waals surface area contributed by atoms with Crippen molar-refractivity contribution < 1.29 is 9.50 Å². The van der Waals surface area contributed by atoms with Crippen LogP contribution in [0.1, 0.15) is 5.56 Å². The molecule has 1 aromatic heterocycles. The van der Waals surface area contributed by atoms with Crippen LogP contribution in [-0.4, -0.2) is 16.3 Å². The quantitative estimate of drug-likeness (QED) is 0.893. The molecule has 1 aromatic carbocycles. The van der Waals surface area contributed by atoms with Crippen LogP contribution in [0.3, 0.4) is 0 Å². The standard InChI is InChI=1S/C11H11BrFNO/c1-14-6-7(2-3-15)8-4-10(13)9(12)5-11(8)14/h4-6,15H,2-3H2,1H3. The third-order valence-electron chi connectivity index (χ3n) is 2.50. The maximum Gasteiger partial charge on any atom is 0.138 e. The number of aromatic nitrogens is 1. The minimum atomic E-state index is -0.270. The van der Waals surface area contributed by atoms with Crippen molar-refractivity contribution in [1.29, 1.82) is 0 Å². The van der Waals surface area contributed by atoms with E-state index < -0.39 is 0 Å². The first-order valence-electron chi connectivity index (χ1n) is 4.67. The molecule has 4 heteroatoms. The number of aryl methyl sites for hydroxylation is 1. The highest BCUT2D eigenvalue weighted by molar-refractivity contribution is 9.10. The molecule has 80 valence electrons. The second-order valence-corrected chi connectivity index (χ2v) is 4.38. The Bertz CT molecular complexity index is 507. The zero-order valence-corrected chi connectivity index (χ0v) is 9.88. The molecule has 0 aliphatic rings. The van der Waals surface area contributed by atoms with Gasteiger partial charge in [0.2, 0.25) is 0 Å². The van der Waals surface area contributed by atoms with E-state index in [4.69, 9.17) is 5.11 Å². The monoisotopic (exact) mass is 271 g/mol. The minimum Gasteiger partial charge on any atom is -0.396 e. The van der Waals surface area contributed by atoms with Gasteiger partial charge in [0.05, 0.1) is 4.47 Å². The average Bonchev–Trinajstić information content (AvgIpc) is 2.46. The van der Waals surface area contributed by atoms with Crippen molar-refractivity contribution in [1.82, 2.24) is 4.57 Å². The third-order valence-corrected chi connectivity index (χ3v) is 3.10. The van der Waals surface area contributed by atoms with Gasteiger partial charge in [0.1, 0.15) is 5.82 Å². The molecule has 1 N–H and O–H groups in total. The van der Waals surface area contributed by atoms with Crippen molar-refractivity contribution in [3.05, 3.63) is 34.2 Å². The Hall–Kier alpha value is -0.870. The van der Waals surface area contributed by atoms with Crippen molar-refractivity contribution >= 4 is 26.8 Å². The fourth-order valence-electron chi connectivity index (χ4n) is 1.78. The lowest BCUT2D eigenvalue weighted by Gasteiger charge is -1.99. The summed E-state index contributed by atoms with van der Waals surface area (Å²) >= 11 is 3.16. The molecule has 0 saturated heterocycles. The molecule has 0 unspecified atom stereocenters. The number of hydrogen-bond donors (Lipinski definition) is 1. The van der Waals surface area contributed by atoms with E-state index in [2.05, 4.69) is 15.9 Å². The van der Waals surface area contributed by atoms with Crippen LogP contribution in [0.25, 0.3) is 10.9 Å². The Balaban J connectivity index is 2.70. The van der Waals surface area contributed by atoms with Gasteiger partial charge in [-0.05, 0) is 40.0 Å². The summed E-state index contributed by atoms with van der Waals surface area (Å²) in [5.74, 6) is -0.270. The normalized spacial score (nSPS) is 11.2. The molecule has 0 bridgehead atoms. The highest BCUT2D eigenvalue weighted by Gasteiger charge is 2.09. The van der Waals surface area contributed by atoms with Gasteiger partial charge in [-0.25, -0.2) is 4.39 Å². The molecular formula is C11H11BrFNO. The Kier molecular flexibility index (Phi) is 2.80. The van der Waals surface area contributed by atoms with Crippen LogP contribution in [0.15, 0.2) is 22.8 Å². The number of rotatable bonds is 2. The van der Waals surface area contributed by atoms with E-state index in [0.29, 0.717) is 10.9 Å². The SMILES string of the molecule is Cn1cc(CCO)c2cc(F)c(Br)cc21. The summed E-state index contributed by atoms with van der Waals surface area (Å²) in [6.07, 6.45) is 2.48. The fraction of sp³-hybridized carbons (Fsp3) is 0.273. The Morgan fingerprint density at radius 1 is 1.47 bits per heavy atom. The van der Waals surface area contributed by atoms with E-state index in [-0.39, 0.29) is 12.4 Å². The van der Waals surface area contributed by atoms with Gasteiger partial charge in [-0.15, -0.1) is 0 Å². The van der Waals surface area contributed by atoms with Gasteiger partial charge >= 0.3 is 0 Å². The first kappa shape index (κ1) is 10.6. The summed E-state index contributed by atoms with van der Waals surface area (Å²) in [5.41, 5.74) is 1.94. The second kappa shape index (κ2) is 3.94. The smallest absolute Gasteiger partial charge is 0.138 e. The van der Waals surface area contributed by atoms with Crippen molar-refractivity contribution in [3.8, 4) is 0 Å². The van der Waals surface area contributed by atoms with E-state index in [9.17, 15) is 4.39 Å². The first-order valence-corrected chi connectivity index (χ1v) is 5.46. The van der Waals surface area contributed by atoms with Gasteiger partial charge < -0.3 is 9.67 Å². The lowest BCUT2D eigenvalue weighted by Crippen LogP contribution is -1.88. The summed E-state index contributed by atoms with van der Waals surface area (Å²) in [7, 11) is 1.91. The molecule has 0 atom stereocenters. The van der Waals surface area contributed by atoms with Gasteiger partial charge in [-0.2, -0.15) is 0 Å². The van der Waals surface area contributed by atoms with Crippen molar-refractivity contribution in [2.24, 2.45) is 7.05 Å². The number of halogens is 2. The van der Waals surface area contributed by atoms with Crippen LogP contribution in [0.2, 0.25) is 0 Å². The number of fused-ring (bicyclic) bond motifs is 1. The lowest BCUT2D eigenvalue weighted by atomic mass is 10.1. The molecule has 0 radical (unpaired) electrons. The molecule has 2 rings (SSSR count). The molecule has 0 spiro atoms. The predicted octanol–water partition coefficient (Wildman–Crippen LogP) is 2.61. The summed E-state index contributed by atoms with van der Waals surface area (Å²) < 4.78 is 15.8. The molecule has 0 fully saturated rings. The summed E-state index contributed by atoms with van der Waals surface area (Å²) in [6, 6.07) is 3.26. The number of benzene rings is 1. The van der Waals surface area contributed by atoms with Gasteiger partial charge in [-0.1, -0.05) is 0 Å². The zero-order chi connectivity index (χ0) is 11.0. The minimum absolute atomic E-state index is 0.0802. The Morgan fingerprint density at radius 3 is 2.87 bits per heavy atom. The van der Waals surface area contributed by atoms with Crippen molar-refractivity contribution in [3.63, 3.8) is 0 Å². The average molecular weight is 272 g/mol. The second-order valence-electron chi connectivity index (χ2n) is 3.52. The van der Waals surface area contributed by atoms with Crippen LogP contribution in [-0.2, 0) is 13.5 Å². The highest BCUT2D eigenvalue weighted by atomic mass is 79.9. The number of aliphatic hydroxyl groups is 1. The van der Waals surface area contributed by atoms with Crippen molar-refractivity contribution in [2.75, 3.05) is 6.61 Å². The Labute approximate surface area is 95.5 Å². The van der Waals surface area contributed by atoms with Gasteiger partial charge in [0, 0.05) is 30.8 Å². The summed E-state index contributed by atoms with van der Waals surface area (Å²) in [6.45, 7) is 0.0802. The van der Waals surface area contributed by atoms with E-state index in [1.54, 1.807) is 6.07 Å². The van der Waals surface area contributed by atoms with Crippen LogP contribution in [0, 0.1) is 5.82 Å². The molecule has 1 heterocycles. The maximum atomic E-state index is 13.4. The topological polar surface area (TPSA) is 25.2 Å². The number of aliphatic hydroxyl groups excluding tert-OH is 1. The van der Waals surface area contributed by atoms with Crippen molar-refractivity contribution in [2.45, 2.75) is 6.42 Å². The van der Waals surface area contributed by atoms with E-state index in [1.165, 1.54) is 6.07 Å². The molecule has 0 saturated carbocycles. The third kappa shape index (κ3) is 1.79. The highest BCUT2D eigenvalue weighted by Crippen LogP contribution is 2.27. The molecule has 2 aromatic rings. The van der Waals surface area contributed by atoms with Crippen LogP contribution < -0.4 is 0 Å². The molecule has 2 nitrogen and oxygen atoms in total. The molecule has 0 amide bonds. The lowest BCUT2D eigenvalue weighted by molar-refractivity contribution is 0.300. The fourth-order valence-corrected chi connectivity index (χ4v) is 2.11. The van der Waals surface area contributed by atoms with Gasteiger partial charge in [0.25, 0.3) is 0 Å². The summed E-state index contributed by atoms with van der Waals surface area (Å²) in [4.78, 5) is 0. The number of hydrogen-bond acceptors (Lipinski definition) is 1. The predicted molar refractivity (Wildman–Crippen MR) is 61.4 cm³/mol. The van der Waals surface area contributed by atoms with E-state index in [1.807, 2.05) is 17.8 Å². The van der Waals surface area contributed by atoms with Crippen LogP contribution >= 0.6 is 15.9 Å². The molecule has 15 heavy (non-hydrogen) atoms. The van der Waals surface area contributed by atoms with Crippen LogP contribution in [0.5, 0.6) is 0 Å². The summed E-state index contributed by atoms with van der Waals surface area (Å²) in [5, 5.41) is 9.77. The molecule has 0 aliphatic heterocycles. The largest absolute Gasteiger partial charge is 0.396 e. The molecular weight excluding hydrogens is 261 g/mol. The first-order chi connectivity index (χ1) is 7.13. The van der Waals surface area contributed by atoms with Crippen LogP contribution in [0.4, 0.5) is 4.39 Å². The Morgan fingerprint density at radius 2 is 2.20 bits per heavy atom. The number of nitrogens with zero attached hydrogens (tertiary/aromatic N) is 1.